The van der Waals surface area contributed by atoms with Gasteiger partial charge in [-0.25, -0.2) is 4.68 Å². The third-order valence-corrected chi connectivity index (χ3v) is 2.42. The summed E-state index contributed by atoms with van der Waals surface area (Å²) in [5.41, 5.74) is -1.19. The molecule has 108 valence electrons. The molecule has 19 heavy (non-hydrogen) atoms. The normalized spacial score (nSPS) is 12.6. The fraction of sp³-hybridized carbons (Fsp3) is 0.667. The van der Waals surface area contributed by atoms with E-state index in [0.717, 1.165) is 6.07 Å². The van der Waals surface area contributed by atoms with Gasteiger partial charge in [-0.15, -0.1) is 0 Å². The fourth-order valence-corrected chi connectivity index (χ4v) is 1.46. The number of rotatable bonds is 3. The lowest BCUT2D eigenvalue weighted by Crippen LogP contribution is -2.21. The van der Waals surface area contributed by atoms with Gasteiger partial charge in [-0.3, -0.25) is 4.79 Å². The number of hydrogen-bond donors (Lipinski definition) is 0. The molecule has 0 saturated heterocycles. The lowest BCUT2D eigenvalue weighted by molar-refractivity contribution is -0.149. The van der Waals surface area contributed by atoms with Crippen LogP contribution >= 0.6 is 0 Å². The minimum atomic E-state index is -4.55. The summed E-state index contributed by atoms with van der Waals surface area (Å²) in [6.07, 6.45) is -4.55. The number of alkyl halides is 3. The highest BCUT2D eigenvalue weighted by atomic mass is 19.4. The molecule has 0 fully saturated rings. The summed E-state index contributed by atoms with van der Waals surface area (Å²) in [5.74, 6) is -0.739. The first-order chi connectivity index (χ1) is 8.55. The Morgan fingerprint density at radius 2 is 1.95 bits per heavy atom. The topological polar surface area (TPSA) is 44.1 Å². The zero-order valence-corrected chi connectivity index (χ0v) is 11.3. The van der Waals surface area contributed by atoms with Crippen LogP contribution in [-0.4, -0.2) is 22.4 Å². The molecule has 0 atom stereocenters. The third kappa shape index (κ3) is 3.97. The van der Waals surface area contributed by atoms with Gasteiger partial charge in [0.1, 0.15) is 12.2 Å². The van der Waals surface area contributed by atoms with Crippen LogP contribution in [0.2, 0.25) is 0 Å². The van der Waals surface area contributed by atoms with Crippen molar-refractivity contribution in [2.45, 2.75) is 45.8 Å². The smallest absolute Gasteiger partial charge is 0.433 e. The standard InChI is InChI=1S/C12H17F3N2O2/c1-5-19-10(18)7-17-9(12(13,14)15)6-8(16-17)11(2,3)4/h6H,5,7H2,1-4H3. The van der Waals surface area contributed by atoms with Crippen molar-refractivity contribution in [2.24, 2.45) is 0 Å². The predicted octanol–water partition coefficient (Wildman–Crippen LogP) is 2.76. The molecule has 1 aromatic rings. The molecule has 4 nitrogen and oxygen atoms in total. The molecule has 0 aliphatic carbocycles. The molecule has 0 aromatic carbocycles. The number of carbonyl (C=O) groups excluding carboxylic acids is 1. The van der Waals surface area contributed by atoms with Gasteiger partial charge in [-0.1, -0.05) is 20.8 Å². The summed E-state index contributed by atoms with van der Waals surface area (Å²) in [7, 11) is 0. The molecule has 7 heteroatoms. The van der Waals surface area contributed by atoms with Crippen molar-refractivity contribution in [3.63, 3.8) is 0 Å². The van der Waals surface area contributed by atoms with Crippen molar-refractivity contribution in [1.82, 2.24) is 9.78 Å². The molecule has 0 amide bonds. The molecule has 0 bridgehead atoms. The fourth-order valence-electron chi connectivity index (χ4n) is 1.46. The highest BCUT2D eigenvalue weighted by Crippen LogP contribution is 2.32. The van der Waals surface area contributed by atoms with E-state index in [2.05, 4.69) is 9.84 Å². The van der Waals surface area contributed by atoms with Gasteiger partial charge in [-0.2, -0.15) is 18.3 Å². The maximum absolute atomic E-state index is 12.9. The molecule has 0 unspecified atom stereocenters. The van der Waals surface area contributed by atoms with Crippen LogP contribution in [0.4, 0.5) is 13.2 Å². The van der Waals surface area contributed by atoms with Crippen LogP contribution < -0.4 is 0 Å². The molecular formula is C12H17F3N2O2. The second kappa shape index (κ2) is 5.22. The number of ether oxygens (including phenoxy) is 1. The summed E-state index contributed by atoms with van der Waals surface area (Å²) < 4.78 is 43.9. The van der Waals surface area contributed by atoms with E-state index in [1.807, 2.05) is 0 Å². The van der Waals surface area contributed by atoms with E-state index in [9.17, 15) is 18.0 Å². The van der Waals surface area contributed by atoms with Gasteiger partial charge in [-0.05, 0) is 13.0 Å². The Morgan fingerprint density at radius 1 is 1.37 bits per heavy atom. The first kappa shape index (κ1) is 15.5. The second-order valence-corrected chi connectivity index (χ2v) is 5.13. The first-order valence-electron chi connectivity index (χ1n) is 5.87. The quantitative estimate of drug-likeness (QED) is 0.798. The van der Waals surface area contributed by atoms with Crippen molar-refractivity contribution >= 4 is 5.97 Å². The van der Waals surface area contributed by atoms with Gasteiger partial charge in [0, 0.05) is 5.41 Å². The van der Waals surface area contributed by atoms with Crippen LogP contribution in [0, 0.1) is 0 Å². The highest BCUT2D eigenvalue weighted by molar-refractivity contribution is 5.69. The Labute approximate surface area is 109 Å². The van der Waals surface area contributed by atoms with E-state index in [1.54, 1.807) is 27.7 Å². The molecule has 0 aliphatic rings. The molecule has 1 rings (SSSR count). The van der Waals surface area contributed by atoms with E-state index < -0.39 is 29.8 Å². The van der Waals surface area contributed by atoms with E-state index >= 15 is 0 Å². The maximum Gasteiger partial charge on any atom is 0.433 e. The summed E-state index contributed by atoms with van der Waals surface area (Å²) >= 11 is 0. The zero-order valence-electron chi connectivity index (χ0n) is 11.3. The highest BCUT2D eigenvalue weighted by Gasteiger charge is 2.37. The zero-order chi connectivity index (χ0) is 14.8. The molecule has 0 N–H and O–H groups in total. The van der Waals surface area contributed by atoms with Crippen molar-refractivity contribution in [1.29, 1.82) is 0 Å². The van der Waals surface area contributed by atoms with Crippen molar-refractivity contribution in [2.75, 3.05) is 6.61 Å². The van der Waals surface area contributed by atoms with Crippen LogP contribution in [0.25, 0.3) is 0 Å². The lowest BCUT2D eigenvalue weighted by atomic mass is 9.92. The SMILES string of the molecule is CCOC(=O)Cn1nc(C(C)(C)C)cc1C(F)(F)F. The Balaban J connectivity index is 3.14. The van der Waals surface area contributed by atoms with E-state index in [0.29, 0.717) is 4.68 Å². The largest absolute Gasteiger partial charge is 0.465 e. The van der Waals surface area contributed by atoms with E-state index in [1.165, 1.54) is 0 Å². The third-order valence-electron chi connectivity index (χ3n) is 2.42. The maximum atomic E-state index is 12.9. The Kier molecular flexibility index (Phi) is 4.27. The average Bonchev–Trinajstić information content (AvgIpc) is 2.60. The molecule has 0 saturated carbocycles. The first-order valence-corrected chi connectivity index (χ1v) is 5.87. The molecule has 0 aliphatic heterocycles. The predicted molar refractivity (Wildman–Crippen MR) is 62.6 cm³/mol. The van der Waals surface area contributed by atoms with Crippen LogP contribution in [0.3, 0.4) is 0 Å². The minimum Gasteiger partial charge on any atom is -0.465 e. The van der Waals surface area contributed by atoms with Crippen molar-refractivity contribution in [3.8, 4) is 0 Å². The van der Waals surface area contributed by atoms with Gasteiger partial charge >= 0.3 is 12.1 Å². The molecule has 0 spiro atoms. The van der Waals surface area contributed by atoms with E-state index in [-0.39, 0.29) is 12.3 Å². The summed E-state index contributed by atoms with van der Waals surface area (Å²) in [5, 5.41) is 3.87. The Hall–Kier alpha value is -1.53. The Morgan fingerprint density at radius 3 is 2.37 bits per heavy atom. The number of aromatic nitrogens is 2. The van der Waals surface area contributed by atoms with Gasteiger partial charge in [0.05, 0.1) is 12.3 Å². The average molecular weight is 278 g/mol. The van der Waals surface area contributed by atoms with Crippen LogP contribution in [-0.2, 0) is 27.7 Å². The van der Waals surface area contributed by atoms with Gasteiger partial charge in [0.15, 0.2) is 0 Å². The number of nitrogens with zero attached hydrogens (tertiary/aromatic N) is 2. The van der Waals surface area contributed by atoms with Gasteiger partial charge < -0.3 is 4.74 Å². The summed E-state index contributed by atoms with van der Waals surface area (Å²) in [6.45, 7) is 6.43. The van der Waals surface area contributed by atoms with Crippen LogP contribution in [0.1, 0.15) is 39.1 Å². The Bertz CT molecular complexity index is 459. The number of hydrogen-bond acceptors (Lipinski definition) is 3. The van der Waals surface area contributed by atoms with Gasteiger partial charge in [0.2, 0.25) is 0 Å². The summed E-state index contributed by atoms with van der Waals surface area (Å²) in [4.78, 5) is 11.3. The van der Waals surface area contributed by atoms with E-state index in [4.69, 9.17) is 0 Å². The number of esters is 1. The minimum absolute atomic E-state index is 0.119. The van der Waals surface area contributed by atoms with Crippen LogP contribution in [0.5, 0.6) is 0 Å². The molecule has 0 radical (unpaired) electrons. The lowest BCUT2D eigenvalue weighted by Gasteiger charge is -2.14. The molecule has 1 heterocycles. The number of halogens is 3. The second-order valence-electron chi connectivity index (χ2n) is 5.13. The summed E-state index contributed by atoms with van der Waals surface area (Å²) in [6, 6.07) is 0.971. The van der Waals surface area contributed by atoms with Gasteiger partial charge in [0.25, 0.3) is 0 Å². The van der Waals surface area contributed by atoms with Crippen molar-refractivity contribution in [3.05, 3.63) is 17.5 Å². The molecular weight excluding hydrogens is 261 g/mol. The van der Waals surface area contributed by atoms with Crippen molar-refractivity contribution < 1.29 is 22.7 Å². The monoisotopic (exact) mass is 278 g/mol. The number of carbonyl (C=O) groups is 1. The molecule has 1 aromatic heterocycles. The van der Waals surface area contributed by atoms with Crippen LogP contribution in [0.15, 0.2) is 6.07 Å².